The van der Waals surface area contributed by atoms with Crippen LogP contribution in [0.5, 0.6) is 11.5 Å². The van der Waals surface area contributed by atoms with Crippen LogP contribution in [-0.2, 0) is 13.0 Å². The summed E-state index contributed by atoms with van der Waals surface area (Å²) in [7, 11) is 2.11. The summed E-state index contributed by atoms with van der Waals surface area (Å²) < 4.78 is 5.75. The smallest absolute Gasteiger partial charge is 0.251 e. The second kappa shape index (κ2) is 8.92. The number of hydrogen-bond donors (Lipinski definition) is 2. The Morgan fingerprint density at radius 2 is 1.61 bits per heavy atom. The van der Waals surface area contributed by atoms with Crippen LogP contribution in [0.25, 0.3) is 0 Å². The molecular weight excluding hydrogens is 390 g/mol. The molecule has 0 saturated heterocycles. The number of ether oxygens (including phenoxy) is 1. The Bertz CT molecular complexity index is 1090. The zero-order valence-electron chi connectivity index (χ0n) is 17.4. The molecule has 3 aromatic carbocycles. The van der Waals surface area contributed by atoms with Gasteiger partial charge in [-0.1, -0.05) is 12.1 Å². The highest BCUT2D eigenvalue weighted by atomic mass is 16.5. The van der Waals surface area contributed by atoms with Crippen molar-refractivity contribution in [2.45, 2.75) is 19.4 Å². The van der Waals surface area contributed by atoms with Crippen LogP contribution in [0.1, 0.15) is 38.3 Å². The average molecular weight is 415 g/mol. The van der Waals surface area contributed by atoms with Crippen LogP contribution in [0.2, 0.25) is 0 Å². The van der Waals surface area contributed by atoms with Crippen molar-refractivity contribution in [3.8, 4) is 11.5 Å². The van der Waals surface area contributed by atoms with E-state index in [1.54, 1.807) is 48.5 Å². The van der Waals surface area contributed by atoms with E-state index in [1.807, 2.05) is 0 Å². The number of benzene rings is 3. The number of rotatable bonds is 6. The molecule has 1 heterocycles. The third-order valence-electron chi connectivity index (χ3n) is 5.44. The Kier molecular flexibility index (Phi) is 5.89. The predicted molar refractivity (Wildman–Crippen MR) is 121 cm³/mol. The fourth-order valence-corrected chi connectivity index (χ4v) is 3.73. The molecule has 0 unspecified atom stereocenters. The van der Waals surface area contributed by atoms with E-state index in [0.717, 1.165) is 24.9 Å². The van der Waals surface area contributed by atoms with Gasteiger partial charge in [-0.25, -0.2) is 0 Å². The summed E-state index contributed by atoms with van der Waals surface area (Å²) in [5.41, 5.74) is 9.94. The second-order valence-electron chi connectivity index (χ2n) is 7.69. The summed E-state index contributed by atoms with van der Waals surface area (Å²) in [6.07, 6.45) is 2.23. The number of nitrogens with zero attached hydrogens (tertiary/aromatic N) is 1. The quantitative estimate of drug-likeness (QED) is 0.640. The third-order valence-corrected chi connectivity index (χ3v) is 5.44. The highest BCUT2D eigenvalue weighted by Crippen LogP contribution is 2.27. The molecule has 0 fully saturated rings. The number of aryl methyl sites for hydroxylation is 1. The summed E-state index contributed by atoms with van der Waals surface area (Å²) in [4.78, 5) is 25.9. The maximum atomic E-state index is 12.5. The first-order valence-corrected chi connectivity index (χ1v) is 10.3. The first kappa shape index (κ1) is 20.5. The highest BCUT2D eigenvalue weighted by molar-refractivity contribution is 5.94. The van der Waals surface area contributed by atoms with Crippen LogP contribution < -0.4 is 20.7 Å². The van der Waals surface area contributed by atoms with Gasteiger partial charge in [-0.15, -0.1) is 0 Å². The minimum Gasteiger partial charge on any atom is -0.457 e. The van der Waals surface area contributed by atoms with Crippen molar-refractivity contribution in [2.75, 3.05) is 18.5 Å². The molecule has 1 aliphatic heterocycles. The first-order chi connectivity index (χ1) is 15.0. The maximum absolute atomic E-state index is 12.5. The van der Waals surface area contributed by atoms with Gasteiger partial charge in [0.15, 0.2) is 0 Å². The summed E-state index contributed by atoms with van der Waals surface area (Å²) in [5.74, 6) is 0.569. The van der Waals surface area contributed by atoms with E-state index in [4.69, 9.17) is 10.5 Å². The van der Waals surface area contributed by atoms with Crippen LogP contribution in [0.4, 0.5) is 5.69 Å². The van der Waals surface area contributed by atoms with Gasteiger partial charge >= 0.3 is 0 Å². The molecule has 4 rings (SSSR count). The van der Waals surface area contributed by atoms with E-state index in [1.165, 1.54) is 11.3 Å². The number of fused-ring (bicyclic) bond motifs is 1. The van der Waals surface area contributed by atoms with E-state index in [2.05, 4.69) is 35.5 Å². The molecule has 6 nitrogen and oxygen atoms in total. The zero-order valence-corrected chi connectivity index (χ0v) is 17.4. The lowest BCUT2D eigenvalue weighted by molar-refractivity contribution is 0.0949. The normalized spacial score (nSPS) is 12.7. The maximum Gasteiger partial charge on any atom is 0.251 e. The summed E-state index contributed by atoms with van der Waals surface area (Å²) in [5, 5.41) is 2.98. The van der Waals surface area contributed by atoms with Crippen LogP contribution >= 0.6 is 0 Å². The Hall–Kier alpha value is -3.80. The number of amides is 2. The molecule has 0 aromatic heterocycles. The molecule has 31 heavy (non-hydrogen) atoms. The predicted octanol–water partition coefficient (Wildman–Crippen LogP) is 3.89. The zero-order chi connectivity index (χ0) is 21.8. The number of carbonyl (C=O) groups excluding carboxylic acids is 2. The molecule has 0 atom stereocenters. The molecule has 0 aliphatic carbocycles. The SMILES string of the molecule is CN1CCCc2cc(CNC(=O)c3ccc(Oc4ccc(C(N)=O)cc4)cc3)ccc21. The average Bonchev–Trinajstić information content (AvgIpc) is 2.78. The topological polar surface area (TPSA) is 84.7 Å². The summed E-state index contributed by atoms with van der Waals surface area (Å²) in [6, 6.07) is 19.9. The van der Waals surface area contributed by atoms with Crippen LogP contribution in [0, 0.1) is 0 Å². The van der Waals surface area contributed by atoms with Crippen molar-refractivity contribution in [1.29, 1.82) is 0 Å². The standard InChI is InChI=1S/C25H25N3O3/c1-28-14-2-3-20-15-17(4-13-23(20)28)16-27-25(30)19-7-11-22(12-8-19)31-21-9-5-18(6-10-21)24(26)29/h4-13,15H,2-3,14,16H2,1H3,(H2,26,29)(H,27,30). The van der Waals surface area contributed by atoms with Gasteiger partial charge in [0.2, 0.25) is 5.91 Å². The van der Waals surface area contributed by atoms with Gasteiger partial charge in [0.25, 0.3) is 5.91 Å². The van der Waals surface area contributed by atoms with E-state index in [9.17, 15) is 9.59 Å². The van der Waals surface area contributed by atoms with Crippen LogP contribution in [-0.4, -0.2) is 25.4 Å². The molecular formula is C25H25N3O3. The van der Waals surface area contributed by atoms with Gasteiger partial charge in [-0.3, -0.25) is 9.59 Å². The second-order valence-corrected chi connectivity index (χ2v) is 7.69. The van der Waals surface area contributed by atoms with Gasteiger partial charge in [0.1, 0.15) is 11.5 Å². The van der Waals surface area contributed by atoms with Gasteiger partial charge in [-0.2, -0.15) is 0 Å². The van der Waals surface area contributed by atoms with E-state index >= 15 is 0 Å². The fourth-order valence-electron chi connectivity index (χ4n) is 3.73. The van der Waals surface area contributed by atoms with Gasteiger partial charge in [0.05, 0.1) is 0 Å². The van der Waals surface area contributed by atoms with Crippen molar-refractivity contribution in [1.82, 2.24) is 5.32 Å². The first-order valence-electron chi connectivity index (χ1n) is 10.3. The van der Waals surface area contributed by atoms with Crippen LogP contribution in [0.15, 0.2) is 66.7 Å². The lowest BCUT2D eigenvalue weighted by atomic mass is 9.99. The summed E-state index contributed by atoms with van der Waals surface area (Å²) in [6.45, 7) is 1.57. The molecule has 0 spiro atoms. The number of primary amides is 1. The number of nitrogens with two attached hydrogens (primary N) is 1. The largest absolute Gasteiger partial charge is 0.457 e. The van der Waals surface area contributed by atoms with Crippen molar-refractivity contribution >= 4 is 17.5 Å². The van der Waals surface area contributed by atoms with Gasteiger partial charge < -0.3 is 20.7 Å². The molecule has 6 heteroatoms. The van der Waals surface area contributed by atoms with Crippen molar-refractivity contribution in [3.05, 3.63) is 89.0 Å². The van der Waals surface area contributed by atoms with E-state index in [0.29, 0.717) is 29.2 Å². The van der Waals surface area contributed by atoms with E-state index in [-0.39, 0.29) is 5.91 Å². The monoisotopic (exact) mass is 415 g/mol. The molecule has 0 saturated carbocycles. The molecule has 0 radical (unpaired) electrons. The van der Waals surface area contributed by atoms with E-state index < -0.39 is 5.91 Å². The summed E-state index contributed by atoms with van der Waals surface area (Å²) >= 11 is 0. The Morgan fingerprint density at radius 1 is 0.968 bits per heavy atom. The fraction of sp³-hybridized carbons (Fsp3) is 0.200. The highest BCUT2D eigenvalue weighted by Gasteiger charge is 2.14. The minimum absolute atomic E-state index is 0.132. The molecule has 3 aromatic rings. The lowest BCUT2D eigenvalue weighted by Crippen LogP contribution is -2.25. The molecule has 3 N–H and O–H groups in total. The van der Waals surface area contributed by atoms with Gasteiger partial charge in [0, 0.05) is 37.0 Å². The third kappa shape index (κ3) is 4.86. The number of hydrogen-bond acceptors (Lipinski definition) is 4. The molecule has 158 valence electrons. The van der Waals surface area contributed by atoms with Crippen molar-refractivity contribution < 1.29 is 14.3 Å². The van der Waals surface area contributed by atoms with Gasteiger partial charge in [-0.05, 0) is 78.6 Å². The van der Waals surface area contributed by atoms with Crippen molar-refractivity contribution in [2.24, 2.45) is 5.73 Å². The number of carbonyl (C=O) groups is 2. The Balaban J connectivity index is 1.34. The number of nitrogens with one attached hydrogen (secondary N) is 1. The Labute approximate surface area is 181 Å². The van der Waals surface area contributed by atoms with Crippen LogP contribution in [0.3, 0.4) is 0 Å². The minimum atomic E-state index is -0.482. The molecule has 0 bridgehead atoms. The molecule has 1 aliphatic rings. The van der Waals surface area contributed by atoms with Crippen molar-refractivity contribution in [3.63, 3.8) is 0 Å². The number of anilines is 1. The Morgan fingerprint density at radius 3 is 2.26 bits per heavy atom. The molecule has 2 amide bonds. The lowest BCUT2D eigenvalue weighted by Gasteiger charge is -2.27.